The molecule has 2 aliphatic heterocycles. The average molecular weight is 291 g/mol. The molecule has 0 radical (unpaired) electrons. The number of fused-ring (bicyclic) bond motifs is 2. The van der Waals surface area contributed by atoms with Gasteiger partial charge in [0.25, 0.3) is 0 Å². The number of carbonyl (C=O) groups is 1. The Morgan fingerprint density at radius 3 is 2.43 bits per heavy atom. The van der Waals surface area contributed by atoms with Crippen molar-refractivity contribution in [3.8, 4) is 0 Å². The third-order valence-corrected chi connectivity index (χ3v) is 4.85. The summed E-state index contributed by atoms with van der Waals surface area (Å²) in [4.78, 5) is 14.5. The molecule has 0 amide bonds. The molecule has 0 aliphatic carbocycles. The van der Waals surface area contributed by atoms with Gasteiger partial charge in [0, 0.05) is 24.1 Å². The average Bonchev–Trinajstić information content (AvgIpc) is 2.70. The molecule has 0 saturated carbocycles. The second kappa shape index (κ2) is 6.24. The van der Waals surface area contributed by atoms with Crippen LogP contribution in [0.15, 0.2) is 24.3 Å². The van der Waals surface area contributed by atoms with Crippen LogP contribution in [0.4, 0.5) is 4.39 Å². The Morgan fingerprint density at radius 2 is 1.81 bits per heavy atom. The number of hydrogen-bond donors (Lipinski definition) is 1. The topological polar surface area (TPSA) is 40.5 Å². The molecule has 21 heavy (non-hydrogen) atoms. The van der Waals surface area contributed by atoms with E-state index in [4.69, 9.17) is 0 Å². The van der Waals surface area contributed by atoms with Gasteiger partial charge in [-0.1, -0.05) is 0 Å². The standard InChI is InChI=1S/C17H22FNO2/c18-13-5-3-12(4-6-13)17(21)2-1-9-19-14-7-8-15(19)11-16(20)10-14/h3-6,14-16,20H,1-2,7-11H2. The Kier molecular flexibility index (Phi) is 4.36. The lowest BCUT2D eigenvalue weighted by Crippen LogP contribution is -2.45. The Balaban J connectivity index is 1.48. The maximum atomic E-state index is 12.8. The second-order valence-electron chi connectivity index (χ2n) is 6.28. The smallest absolute Gasteiger partial charge is 0.162 e. The van der Waals surface area contributed by atoms with Crippen molar-refractivity contribution >= 4 is 5.78 Å². The van der Waals surface area contributed by atoms with Gasteiger partial charge in [0.2, 0.25) is 0 Å². The van der Waals surface area contributed by atoms with Crippen molar-refractivity contribution in [2.45, 2.75) is 56.7 Å². The number of nitrogens with zero attached hydrogens (tertiary/aromatic N) is 1. The number of piperidine rings is 1. The molecule has 114 valence electrons. The fourth-order valence-electron chi connectivity index (χ4n) is 3.81. The zero-order chi connectivity index (χ0) is 14.8. The lowest BCUT2D eigenvalue weighted by Gasteiger charge is -2.37. The minimum absolute atomic E-state index is 0.0828. The van der Waals surface area contributed by atoms with Crippen LogP contribution in [0.25, 0.3) is 0 Å². The van der Waals surface area contributed by atoms with Crippen LogP contribution in [0.1, 0.15) is 48.9 Å². The summed E-state index contributed by atoms with van der Waals surface area (Å²) in [6, 6.07) is 6.77. The number of Topliss-reactive ketones (excluding diaryl/α,β-unsaturated/α-hetero) is 1. The molecule has 1 aromatic carbocycles. The molecule has 1 N–H and O–H groups in total. The third-order valence-electron chi connectivity index (χ3n) is 4.85. The van der Waals surface area contributed by atoms with Crippen molar-refractivity contribution < 1.29 is 14.3 Å². The Labute approximate surface area is 124 Å². The zero-order valence-corrected chi connectivity index (χ0v) is 12.2. The molecular formula is C17H22FNO2. The largest absolute Gasteiger partial charge is 0.393 e. The summed E-state index contributed by atoms with van der Waals surface area (Å²) in [7, 11) is 0. The van der Waals surface area contributed by atoms with E-state index in [0.29, 0.717) is 24.1 Å². The number of carbonyl (C=O) groups excluding carboxylic acids is 1. The molecule has 2 bridgehead atoms. The summed E-state index contributed by atoms with van der Waals surface area (Å²) in [6.45, 7) is 0.926. The number of aliphatic hydroxyl groups excluding tert-OH is 1. The van der Waals surface area contributed by atoms with Crippen LogP contribution in [0.3, 0.4) is 0 Å². The van der Waals surface area contributed by atoms with Crippen LogP contribution in [-0.4, -0.2) is 40.5 Å². The minimum Gasteiger partial charge on any atom is -0.393 e. The fourth-order valence-corrected chi connectivity index (χ4v) is 3.81. The number of rotatable bonds is 5. The Morgan fingerprint density at radius 1 is 1.19 bits per heavy atom. The summed E-state index contributed by atoms with van der Waals surface area (Å²) >= 11 is 0. The first-order valence-corrected chi connectivity index (χ1v) is 7.86. The first-order valence-electron chi connectivity index (χ1n) is 7.86. The quantitative estimate of drug-likeness (QED) is 0.848. The monoisotopic (exact) mass is 291 g/mol. The van der Waals surface area contributed by atoms with Crippen molar-refractivity contribution in [3.05, 3.63) is 35.6 Å². The Hall–Kier alpha value is -1.26. The highest BCUT2D eigenvalue weighted by Gasteiger charge is 2.39. The summed E-state index contributed by atoms with van der Waals surface area (Å²) in [6.07, 6.45) is 5.30. The van der Waals surface area contributed by atoms with E-state index < -0.39 is 0 Å². The van der Waals surface area contributed by atoms with Crippen molar-refractivity contribution in [1.82, 2.24) is 4.90 Å². The van der Waals surface area contributed by atoms with Crippen LogP contribution < -0.4 is 0 Å². The Bertz CT molecular complexity index is 488. The van der Waals surface area contributed by atoms with Crippen molar-refractivity contribution in [3.63, 3.8) is 0 Å². The molecule has 2 atom stereocenters. The number of halogens is 1. The van der Waals surface area contributed by atoms with E-state index in [2.05, 4.69) is 4.90 Å². The molecule has 2 heterocycles. The SMILES string of the molecule is O=C(CCCN1C2CCC1CC(O)C2)c1ccc(F)cc1. The fraction of sp³-hybridized carbons (Fsp3) is 0.588. The van der Waals surface area contributed by atoms with Crippen molar-refractivity contribution in [2.24, 2.45) is 0 Å². The molecular weight excluding hydrogens is 269 g/mol. The van der Waals surface area contributed by atoms with Crippen molar-refractivity contribution in [2.75, 3.05) is 6.54 Å². The number of benzene rings is 1. The van der Waals surface area contributed by atoms with Gasteiger partial charge >= 0.3 is 0 Å². The molecule has 3 nitrogen and oxygen atoms in total. The van der Waals surface area contributed by atoms with Gasteiger partial charge in [-0.25, -0.2) is 4.39 Å². The maximum absolute atomic E-state index is 12.8. The molecule has 2 fully saturated rings. The summed E-state index contributed by atoms with van der Waals surface area (Å²) in [5.41, 5.74) is 0.591. The first kappa shape index (κ1) is 14.7. The van der Waals surface area contributed by atoms with Gasteiger partial charge in [-0.05, 0) is 62.9 Å². The van der Waals surface area contributed by atoms with Crippen LogP contribution in [-0.2, 0) is 0 Å². The molecule has 0 spiro atoms. The van der Waals surface area contributed by atoms with Gasteiger partial charge in [0.15, 0.2) is 5.78 Å². The van der Waals surface area contributed by atoms with E-state index in [9.17, 15) is 14.3 Å². The number of hydrogen-bond acceptors (Lipinski definition) is 3. The van der Waals surface area contributed by atoms with Gasteiger partial charge in [-0.2, -0.15) is 0 Å². The highest BCUT2D eigenvalue weighted by molar-refractivity contribution is 5.95. The van der Waals surface area contributed by atoms with Crippen LogP contribution in [0, 0.1) is 5.82 Å². The lowest BCUT2D eigenvalue weighted by molar-refractivity contribution is 0.0345. The van der Waals surface area contributed by atoms with E-state index in [1.807, 2.05) is 0 Å². The summed E-state index contributed by atoms with van der Waals surface area (Å²) < 4.78 is 12.8. The number of aliphatic hydroxyl groups is 1. The highest BCUT2D eigenvalue weighted by Crippen LogP contribution is 2.35. The molecule has 1 aromatic rings. The van der Waals surface area contributed by atoms with Crippen LogP contribution >= 0.6 is 0 Å². The summed E-state index contributed by atoms with van der Waals surface area (Å²) in [5.74, 6) is -0.227. The van der Waals surface area contributed by atoms with E-state index >= 15 is 0 Å². The molecule has 3 rings (SSSR count). The molecule has 2 aliphatic rings. The second-order valence-corrected chi connectivity index (χ2v) is 6.28. The maximum Gasteiger partial charge on any atom is 0.162 e. The minimum atomic E-state index is -0.310. The molecule has 2 unspecified atom stereocenters. The van der Waals surface area contributed by atoms with Gasteiger partial charge < -0.3 is 5.11 Å². The zero-order valence-electron chi connectivity index (χ0n) is 12.2. The highest BCUT2D eigenvalue weighted by atomic mass is 19.1. The van der Waals surface area contributed by atoms with Gasteiger partial charge in [0.1, 0.15) is 5.82 Å². The van der Waals surface area contributed by atoms with Gasteiger partial charge in [-0.3, -0.25) is 9.69 Å². The molecule has 2 saturated heterocycles. The van der Waals surface area contributed by atoms with Gasteiger partial charge in [-0.15, -0.1) is 0 Å². The predicted molar refractivity (Wildman–Crippen MR) is 78.7 cm³/mol. The first-order chi connectivity index (χ1) is 10.1. The number of ketones is 1. The molecule has 0 aromatic heterocycles. The third kappa shape index (κ3) is 3.33. The molecule has 4 heteroatoms. The van der Waals surface area contributed by atoms with Crippen LogP contribution in [0.2, 0.25) is 0 Å². The summed E-state index contributed by atoms with van der Waals surface area (Å²) in [5, 5.41) is 9.78. The van der Waals surface area contributed by atoms with E-state index in [1.54, 1.807) is 12.1 Å². The van der Waals surface area contributed by atoms with Gasteiger partial charge in [0.05, 0.1) is 6.10 Å². The lowest BCUT2D eigenvalue weighted by atomic mass is 9.99. The normalized spacial score (nSPS) is 28.8. The van der Waals surface area contributed by atoms with E-state index in [-0.39, 0.29) is 17.7 Å². The van der Waals surface area contributed by atoms with E-state index in [1.165, 1.54) is 25.0 Å². The predicted octanol–water partition coefficient (Wildman–Crippen LogP) is 2.78. The van der Waals surface area contributed by atoms with Crippen molar-refractivity contribution in [1.29, 1.82) is 0 Å². The van der Waals surface area contributed by atoms with Crippen LogP contribution in [0.5, 0.6) is 0 Å². The van der Waals surface area contributed by atoms with E-state index in [0.717, 1.165) is 25.8 Å².